The molecule has 0 aromatic heterocycles. The second kappa shape index (κ2) is 15.6. The summed E-state index contributed by atoms with van der Waals surface area (Å²) >= 11 is 0. The van der Waals surface area contributed by atoms with Crippen molar-refractivity contribution in [3.05, 3.63) is 0 Å². The van der Waals surface area contributed by atoms with Crippen LogP contribution in [0.3, 0.4) is 0 Å². The van der Waals surface area contributed by atoms with Gasteiger partial charge < -0.3 is 82.2 Å². The lowest BCUT2D eigenvalue weighted by Crippen LogP contribution is -2.68. The predicted molar refractivity (Wildman–Crippen MR) is 139 cm³/mol. The minimum absolute atomic E-state index is 0.0146. The van der Waals surface area contributed by atoms with Crippen LogP contribution in [0.15, 0.2) is 0 Å². The van der Waals surface area contributed by atoms with Gasteiger partial charge in [-0.2, -0.15) is 0 Å². The second-order valence-corrected chi connectivity index (χ2v) is 10.7. The number of hydrogen-bond donors (Lipinski definition) is 11. The maximum atomic E-state index is 12.0. The van der Waals surface area contributed by atoms with Crippen LogP contribution in [-0.2, 0) is 28.5 Å². The van der Waals surface area contributed by atoms with Crippen LogP contribution in [0.5, 0.6) is 0 Å². The first kappa shape index (κ1) is 34.4. The van der Waals surface area contributed by atoms with Gasteiger partial charge in [-0.3, -0.25) is 4.79 Å². The number of rotatable bonds is 13. The first-order valence-corrected chi connectivity index (χ1v) is 13.9. The van der Waals surface area contributed by atoms with Crippen molar-refractivity contribution in [1.82, 2.24) is 10.6 Å². The van der Waals surface area contributed by atoms with E-state index in [1.165, 1.54) is 0 Å². The number of fused-ring (bicyclic) bond motifs is 1. The highest BCUT2D eigenvalue weighted by atomic mass is 16.8. The molecule has 14 atom stereocenters. The molecule has 0 bridgehead atoms. The SMILES string of the molecule is CNC1C(OC2OC(CO)C(NC(=O)CCN)C(O)C2O)O[C@H]2CC[C@@H](O[C@@H](C)C(N)CC(N)C(O)O)OC2C1O. The lowest BCUT2D eigenvalue weighted by atomic mass is 9.91. The maximum Gasteiger partial charge on any atom is 0.221 e. The number of nitrogens with two attached hydrogens (primary N) is 3. The molecule has 240 valence electrons. The summed E-state index contributed by atoms with van der Waals surface area (Å²) in [5, 5.41) is 66.2. The Morgan fingerprint density at radius 3 is 2.32 bits per heavy atom. The highest BCUT2D eigenvalue weighted by Crippen LogP contribution is 2.35. The summed E-state index contributed by atoms with van der Waals surface area (Å²) in [6, 6.07) is -3.51. The van der Waals surface area contributed by atoms with Crippen LogP contribution in [0.2, 0.25) is 0 Å². The third-order valence-corrected chi connectivity index (χ3v) is 7.75. The zero-order valence-electron chi connectivity index (χ0n) is 23.3. The summed E-state index contributed by atoms with van der Waals surface area (Å²) in [7, 11) is 1.57. The Morgan fingerprint density at radius 2 is 1.71 bits per heavy atom. The van der Waals surface area contributed by atoms with Crippen molar-refractivity contribution in [3.8, 4) is 0 Å². The van der Waals surface area contributed by atoms with Crippen molar-refractivity contribution in [3.63, 3.8) is 0 Å². The van der Waals surface area contributed by atoms with E-state index in [0.717, 1.165) is 0 Å². The third-order valence-electron chi connectivity index (χ3n) is 7.75. The number of likely N-dealkylation sites (N-methyl/N-ethyl adjacent to an activating group) is 1. The number of nitrogens with one attached hydrogen (secondary N) is 2. The lowest BCUT2D eigenvalue weighted by Gasteiger charge is -2.50. The number of ether oxygens (including phenoxy) is 5. The van der Waals surface area contributed by atoms with Crippen LogP contribution in [-0.4, -0.2) is 149 Å². The van der Waals surface area contributed by atoms with Crippen LogP contribution in [0, 0.1) is 0 Å². The molecule has 3 saturated heterocycles. The molecular weight excluding hydrogens is 550 g/mol. The second-order valence-electron chi connectivity index (χ2n) is 10.7. The summed E-state index contributed by atoms with van der Waals surface area (Å²) in [5.41, 5.74) is 17.1. The fourth-order valence-corrected chi connectivity index (χ4v) is 5.25. The molecule has 0 aromatic rings. The van der Waals surface area contributed by atoms with E-state index in [1.807, 2.05) is 0 Å². The summed E-state index contributed by atoms with van der Waals surface area (Å²) in [6.45, 7) is 1.20. The number of carbonyl (C=O) groups is 1. The molecule has 0 radical (unpaired) electrons. The third kappa shape index (κ3) is 8.49. The maximum absolute atomic E-state index is 12.0. The number of carbonyl (C=O) groups excluding carboxylic acids is 1. The Labute approximate surface area is 238 Å². The van der Waals surface area contributed by atoms with E-state index in [4.69, 9.17) is 40.9 Å². The molecule has 17 heteroatoms. The summed E-state index contributed by atoms with van der Waals surface area (Å²) in [4.78, 5) is 12.0. The zero-order valence-corrected chi connectivity index (χ0v) is 23.3. The first-order valence-electron chi connectivity index (χ1n) is 13.9. The highest BCUT2D eigenvalue weighted by molar-refractivity contribution is 5.76. The van der Waals surface area contributed by atoms with E-state index in [-0.39, 0.29) is 19.4 Å². The highest BCUT2D eigenvalue weighted by Gasteiger charge is 2.52. The topological polar surface area (TPSA) is 287 Å². The molecule has 3 rings (SSSR count). The molecule has 0 saturated carbocycles. The fourth-order valence-electron chi connectivity index (χ4n) is 5.25. The molecular formula is C24H47N5O12. The number of aliphatic hydroxyl groups excluding tert-OH is 5. The van der Waals surface area contributed by atoms with Gasteiger partial charge in [-0.25, -0.2) is 0 Å². The Morgan fingerprint density at radius 1 is 1.00 bits per heavy atom. The van der Waals surface area contributed by atoms with Gasteiger partial charge in [0.25, 0.3) is 0 Å². The lowest BCUT2D eigenvalue weighted by molar-refractivity contribution is -0.370. The number of amides is 1. The molecule has 3 heterocycles. The van der Waals surface area contributed by atoms with E-state index in [0.29, 0.717) is 12.8 Å². The van der Waals surface area contributed by atoms with Crippen molar-refractivity contribution < 1.29 is 59.1 Å². The Hall–Kier alpha value is -1.13. The van der Waals surface area contributed by atoms with Gasteiger partial charge in [0.15, 0.2) is 25.2 Å². The molecule has 11 unspecified atom stereocenters. The predicted octanol–water partition coefficient (Wildman–Crippen LogP) is -5.79. The van der Waals surface area contributed by atoms with Gasteiger partial charge in [0.2, 0.25) is 5.91 Å². The van der Waals surface area contributed by atoms with Gasteiger partial charge >= 0.3 is 0 Å². The van der Waals surface area contributed by atoms with E-state index < -0.39 is 105 Å². The van der Waals surface area contributed by atoms with Crippen molar-refractivity contribution in [1.29, 1.82) is 0 Å². The Bertz CT molecular complexity index is 815. The standard InChI is InChI=1S/C24H47N5O12/c1-9(10(26)7-11(27)22(35)36)37-15-4-3-12-21(40-15)19(33)17(28-2)23(38-12)41-24-20(34)18(32)16(13(8-30)39-24)29-14(31)5-6-25/h9-13,15-24,28,30,32-36H,3-8,25-27H2,1-2H3,(H,29,31)/t9-,10?,11?,12-,13?,15-,16?,17?,18?,19?,20?,21?,23?,24?/m0/s1. The summed E-state index contributed by atoms with van der Waals surface area (Å²) in [6.07, 6.45) is -11.6. The van der Waals surface area contributed by atoms with Crippen LogP contribution in [0.4, 0.5) is 0 Å². The van der Waals surface area contributed by atoms with Crippen molar-refractivity contribution >= 4 is 5.91 Å². The van der Waals surface area contributed by atoms with E-state index in [9.17, 15) is 35.4 Å². The van der Waals surface area contributed by atoms with Crippen LogP contribution >= 0.6 is 0 Å². The Kier molecular flexibility index (Phi) is 13.0. The molecule has 0 spiro atoms. The van der Waals surface area contributed by atoms with Crippen LogP contribution in [0.25, 0.3) is 0 Å². The first-order chi connectivity index (χ1) is 19.4. The minimum Gasteiger partial charge on any atom is -0.394 e. The van der Waals surface area contributed by atoms with Crippen molar-refractivity contribution in [2.45, 2.75) is 125 Å². The zero-order chi connectivity index (χ0) is 30.4. The normalized spacial score (nSPS) is 40.0. The Balaban J connectivity index is 1.61. The average Bonchev–Trinajstić information content (AvgIpc) is 2.93. The summed E-state index contributed by atoms with van der Waals surface area (Å²) < 4.78 is 29.6. The molecule has 14 N–H and O–H groups in total. The van der Waals surface area contributed by atoms with Gasteiger partial charge in [0.1, 0.15) is 30.5 Å². The van der Waals surface area contributed by atoms with E-state index in [2.05, 4.69) is 10.6 Å². The fraction of sp³-hybridized carbons (Fsp3) is 0.958. The molecule has 1 amide bonds. The molecule has 0 aliphatic carbocycles. The van der Waals surface area contributed by atoms with Gasteiger partial charge in [-0.15, -0.1) is 0 Å². The van der Waals surface area contributed by atoms with Gasteiger partial charge in [0.05, 0.1) is 36.9 Å². The average molecular weight is 598 g/mol. The number of hydrogen-bond acceptors (Lipinski definition) is 16. The molecule has 3 fully saturated rings. The van der Waals surface area contributed by atoms with Crippen molar-refractivity contribution in [2.75, 3.05) is 20.2 Å². The summed E-state index contributed by atoms with van der Waals surface area (Å²) in [5.74, 6) is -0.478. The quantitative estimate of drug-likeness (QED) is 0.0881. The van der Waals surface area contributed by atoms with Gasteiger partial charge in [-0.05, 0) is 26.8 Å². The smallest absolute Gasteiger partial charge is 0.221 e. The van der Waals surface area contributed by atoms with E-state index in [1.54, 1.807) is 14.0 Å². The number of aliphatic hydroxyl groups is 6. The molecule has 41 heavy (non-hydrogen) atoms. The van der Waals surface area contributed by atoms with E-state index >= 15 is 0 Å². The van der Waals surface area contributed by atoms with Gasteiger partial charge in [-0.1, -0.05) is 0 Å². The molecule has 17 nitrogen and oxygen atoms in total. The van der Waals surface area contributed by atoms with Crippen LogP contribution < -0.4 is 27.8 Å². The monoisotopic (exact) mass is 597 g/mol. The molecule has 0 aromatic carbocycles. The van der Waals surface area contributed by atoms with Gasteiger partial charge in [0, 0.05) is 25.4 Å². The molecule has 3 aliphatic heterocycles. The van der Waals surface area contributed by atoms with Crippen molar-refractivity contribution in [2.24, 2.45) is 17.2 Å². The largest absolute Gasteiger partial charge is 0.394 e. The van der Waals surface area contributed by atoms with Crippen LogP contribution in [0.1, 0.15) is 32.6 Å². The molecule has 3 aliphatic rings. The minimum atomic E-state index is -1.70.